The van der Waals surface area contributed by atoms with Crippen molar-refractivity contribution in [2.75, 3.05) is 20.3 Å². The second kappa shape index (κ2) is 6.15. The van der Waals surface area contributed by atoms with E-state index in [1.165, 1.54) is 18.1 Å². The molecule has 1 aliphatic rings. The third-order valence-corrected chi connectivity index (χ3v) is 2.54. The fourth-order valence-corrected chi connectivity index (χ4v) is 1.74. The van der Waals surface area contributed by atoms with Gasteiger partial charge in [0.1, 0.15) is 12.6 Å². The van der Waals surface area contributed by atoms with Crippen LogP contribution in [0, 0.1) is 0 Å². The van der Waals surface area contributed by atoms with E-state index in [1.54, 1.807) is 0 Å². The highest BCUT2D eigenvalue weighted by Crippen LogP contribution is 2.18. The molecule has 0 aromatic heterocycles. The molecular weight excluding hydrogens is 210 g/mol. The summed E-state index contributed by atoms with van der Waals surface area (Å²) in [5.41, 5.74) is 0. The van der Waals surface area contributed by atoms with Crippen LogP contribution in [0.1, 0.15) is 19.3 Å². The Kier molecular flexibility index (Phi) is 4.82. The van der Waals surface area contributed by atoms with Crippen molar-refractivity contribution < 1.29 is 19.1 Å². The molecule has 1 saturated heterocycles. The maximum Gasteiger partial charge on any atom is 0.410 e. The number of hydrogen-bond acceptors (Lipinski definition) is 4. The molecule has 0 aliphatic carbocycles. The van der Waals surface area contributed by atoms with Gasteiger partial charge in [-0.3, -0.25) is 4.90 Å². The number of nitrogens with zero attached hydrogens (tertiary/aromatic N) is 1. The average Bonchev–Trinajstić information content (AvgIpc) is 2.35. The lowest BCUT2D eigenvalue weighted by atomic mass is 10.0. The molecule has 0 bridgehead atoms. The third kappa shape index (κ3) is 2.98. The number of ether oxygens (including phenoxy) is 2. The summed E-state index contributed by atoms with van der Waals surface area (Å²) in [5.74, 6) is -0.379. The van der Waals surface area contributed by atoms with E-state index >= 15 is 0 Å². The number of carbonyl (C=O) groups is 2. The number of likely N-dealkylation sites (tertiary alicyclic amines) is 1. The molecular formula is C11H17NO4. The zero-order valence-electron chi connectivity index (χ0n) is 9.48. The normalized spacial score (nSPS) is 20.1. The summed E-state index contributed by atoms with van der Waals surface area (Å²) in [7, 11) is 1.32. The van der Waals surface area contributed by atoms with Crippen LogP contribution in [0.5, 0.6) is 0 Å². The van der Waals surface area contributed by atoms with Gasteiger partial charge in [0.15, 0.2) is 0 Å². The molecule has 1 heterocycles. The Balaban J connectivity index is 2.62. The van der Waals surface area contributed by atoms with E-state index in [-0.39, 0.29) is 12.6 Å². The van der Waals surface area contributed by atoms with Gasteiger partial charge in [0.05, 0.1) is 7.11 Å². The Bertz CT molecular complexity index is 277. The van der Waals surface area contributed by atoms with Gasteiger partial charge in [0.2, 0.25) is 0 Å². The fourth-order valence-electron chi connectivity index (χ4n) is 1.74. The Labute approximate surface area is 95.0 Å². The lowest BCUT2D eigenvalue weighted by Gasteiger charge is -2.32. The Hall–Kier alpha value is -1.52. The number of rotatable bonds is 3. The Morgan fingerprint density at radius 3 is 2.88 bits per heavy atom. The van der Waals surface area contributed by atoms with Crippen LogP contribution in [0.25, 0.3) is 0 Å². The molecule has 5 heteroatoms. The standard InChI is InChI=1S/C11H17NO4/c1-3-8-16-11(14)12-7-5-4-6-9(12)10(13)15-2/h3,9H,1,4-8H2,2H3. The summed E-state index contributed by atoms with van der Waals surface area (Å²) in [4.78, 5) is 24.5. The molecule has 1 amide bonds. The summed E-state index contributed by atoms with van der Waals surface area (Å²) >= 11 is 0. The van der Waals surface area contributed by atoms with Gasteiger partial charge >= 0.3 is 12.1 Å². The number of amides is 1. The van der Waals surface area contributed by atoms with E-state index < -0.39 is 12.1 Å². The number of methoxy groups -OCH3 is 1. The smallest absolute Gasteiger partial charge is 0.410 e. The van der Waals surface area contributed by atoms with E-state index in [2.05, 4.69) is 11.3 Å². The number of piperidine rings is 1. The Morgan fingerprint density at radius 1 is 1.50 bits per heavy atom. The van der Waals surface area contributed by atoms with Crippen molar-refractivity contribution in [2.45, 2.75) is 25.3 Å². The topological polar surface area (TPSA) is 55.8 Å². The summed E-state index contributed by atoms with van der Waals surface area (Å²) < 4.78 is 9.58. The first-order valence-electron chi connectivity index (χ1n) is 5.32. The minimum absolute atomic E-state index is 0.156. The first-order valence-corrected chi connectivity index (χ1v) is 5.32. The van der Waals surface area contributed by atoms with Crippen molar-refractivity contribution in [3.63, 3.8) is 0 Å². The molecule has 1 atom stereocenters. The zero-order chi connectivity index (χ0) is 12.0. The molecule has 1 aliphatic heterocycles. The molecule has 16 heavy (non-hydrogen) atoms. The van der Waals surface area contributed by atoms with Crippen LogP contribution in [0.4, 0.5) is 4.79 Å². The summed E-state index contributed by atoms with van der Waals surface area (Å²) in [6.45, 7) is 4.15. The molecule has 0 aromatic carbocycles. The average molecular weight is 227 g/mol. The van der Waals surface area contributed by atoms with Crippen LogP contribution in [0.3, 0.4) is 0 Å². The number of carbonyl (C=O) groups excluding carboxylic acids is 2. The van der Waals surface area contributed by atoms with Crippen LogP contribution >= 0.6 is 0 Å². The van der Waals surface area contributed by atoms with Crippen LogP contribution in [-0.4, -0.2) is 43.3 Å². The number of hydrogen-bond donors (Lipinski definition) is 0. The highest BCUT2D eigenvalue weighted by atomic mass is 16.6. The van der Waals surface area contributed by atoms with Crippen molar-refractivity contribution in [3.8, 4) is 0 Å². The third-order valence-electron chi connectivity index (χ3n) is 2.54. The SMILES string of the molecule is C=CCOC(=O)N1CCCCC1C(=O)OC. The molecule has 0 spiro atoms. The lowest BCUT2D eigenvalue weighted by Crippen LogP contribution is -2.48. The summed E-state index contributed by atoms with van der Waals surface area (Å²) in [6, 6.07) is -0.504. The maximum absolute atomic E-state index is 11.6. The van der Waals surface area contributed by atoms with E-state index in [0.29, 0.717) is 13.0 Å². The lowest BCUT2D eigenvalue weighted by molar-refractivity contribution is -0.147. The predicted octanol–water partition coefficient (Wildman–Crippen LogP) is 1.34. The van der Waals surface area contributed by atoms with Crippen molar-refractivity contribution >= 4 is 12.1 Å². The molecule has 0 N–H and O–H groups in total. The summed E-state index contributed by atoms with van der Waals surface area (Å²) in [6.07, 6.45) is 3.46. The molecule has 1 rings (SSSR count). The molecule has 1 unspecified atom stereocenters. The zero-order valence-corrected chi connectivity index (χ0v) is 9.48. The van der Waals surface area contributed by atoms with Crippen molar-refractivity contribution in [3.05, 3.63) is 12.7 Å². The van der Waals surface area contributed by atoms with E-state index in [0.717, 1.165) is 12.8 Å². The largest absolute Gasteiger partial charge is 0.467 e. The molecule has 1 fully saturated rings. The van der Waals surface area contributed by atoms with Crippen LogP contribution in [0.2, 0.25) is 0 Å². The van der Waals surface area contributed by atoms with Crippen molar-refractivity contribution in [1.82, 2.24) is 4.90 Å². The van der Waals surface area contributed by atoms with Crippen molar-refractivity contribution in [2.24, 2.45) is 0 Å². The molecule has 90 valence electrons. The Morgan fingerprint density at radius 2 is 2.25 bits per heavy atom. The monoisotopic (exact) mass is 227 g/mol. The minimum atomic E-state index is -0.504. The second-order valence-corrected chi connectivity index (χ2v) is 3.59. The van der Waals surface area contributed by atoms with Crippen molar-refractivity contribution in [1.29, 1.82) is 0 Å². The van der Waals surface area contributed by atoms with Gasteiger partial charge < -0.3 is 9.47 Å². The molecule has 5 nitrogen and oxygen atoms in total. The minimum Gasteiger partial charge on any atom is -0.467 e. The quantitative estimate of drug-likeness (QED) is 0.539. The van der Waals surface area contributed by atoms with E-state index in [4.69, 9.17) is 4.74 Å². The molecule has 0 saturated carbocycles. The van der Waals surface area contributed by atoms with Gasteiger partial charge in [-0.2, -0.15) is 0 Å². The first kappa shape index (κ1) is 12.5. The summed E-state index contributed by atoms with van der Waals surface area (Å²) in [5, 5.41) is 0. The van der Waals surface area contributed by atoms with Gasteiger partial charge in [0.25, 0.3) is 0 Å². The van der Waals surface area contributed by atoms with Crippen LogP contribution < -0.4 is 0 Å². The van der Waals surface area contributed by atoms with Gasteiger partial charge in [-0.25, -0.2) is 9.59 Å². The second-order valence-electron chi connectivity index (χ2n) is 3.59. The van der Waals surface area contributed by atoms with E-state index in [1.807, 2.05) is 0 Å². The van der Waals surface area contributed by atoms with Gasteiger partial charge in [0, 0.05) is 6.54 Å². The van der Waals surface area contributed by atoms with Crippen LogP contribution in [0.15, 0.2) is 12.7 Å². The molecule has 0 aromatic rings. The number of esters is 1. The van der Waals surface area contributed by atoms with Gasteiger partial charge in [-0.1, -0.05) is 12.7 Å². The maximum atomic E-state index is 11.6. The highest BCUT2D eigenvalue weighted by Gasteiger charge is 2.33. The van der Waals surface area contributed by atoms with Crippen LogP contribution in [-0.2, 0) is 14.3 Å². The fraction of sp³-hybridized carbons (Fsp3) is 0.636. The molecule has 0 radical (unpaired) electrons. The highest BCUT2D eigenvalue weighted by molar-refractivity contribution is 5.81. The predicted molar refractivity (Wildman–Crippen MR) is 57.9 cm³/mol. The van der Waals surface area contributed by atoms with E-state index in [9.17, 15) is 9.59 Å². The van der Waals surface area contributed by atoms with Gasteiger partial charge in [-0.15, -0.1) is 0 Å². The first-order chi connectivity index (χ1) is 7.70. The van der Waals surface area contributed by atoms with Gasteiger partial charge in [-0.05, 0) is 19.3 Å².